The van der Waals surface area contributed by atoms with E-state index in [2.05, 4.69) is 21.2 Å². The van der Waals surface area contributed by atoms with Crippen molar-refractivity contribution in [3.05, 3.63) is 0 Å². The molecule has 2 fully saturated rings. The Labute approximate surface area is 132 Å². The van der Waals surface area contributed by atoms with E-state index < -0.39 is 18.0 Å². The summed E-state index contributed by atoms with van der Waals surface area (Å²) in [5.41, 5.74) is 0. The quantitative estimate of drug-likeness (QED) is 0.560. The van der Waals surface area contributed by atoms with Crippen molar-refractivity contribution < 1.29 is 18.0 Å². The van der Waals surface area contributed by atoms with E-state index in [4.69, 9.17) is 0 Å². The molecule has 4 atom stereocenters. The fraction of sp³-hybridized carbons (Fsp3) is 0.933. The first-order valence-electron chi connectivity index (χ1n) is 7.89. The van der Waals surface area contributed by atoms with Crippen molar-refractivity contribution >= 4 is 21.8 Å². The van der Waals surface area contributed by atoms with E-state index in [1.165, 1.54) is 0 Å². The lowest BCUT2D eigenvalue weighted by Crippen LogP contribution is -2.45. The van der Waals surface area contributed by atoms with Crippen LogP contribution in [0.3, 0.4) is 0 Å². The largest absolute Gasteiger partial charge is 0.391 e. The first-order chi connectivity index (χ1) is 9.88. The second-order valence-electron chi connectivity index (χ2n) is 6.37. The van der Waals surface area contributed by atoms with Crippen molar-refractivity contribution in [2.24, 2.45) is 11.8 Å². The Bertz CT molecular complexity index is 361. The van der Waals surface area contributed by atoms with Crippen LogP contribution in [0.5, 0.6) is 0 Å². The number of amides is 1. The summed E-state index contributed by atoms with van der Waals surface area (Å²) in [6, 6.07) is 0.0614. The van der Waals surface area contributed by atoms with Crippen LogP contribution < -0.4 is 5.32 Å². The zero-order valence-electron chi connectivity index (χ0n) is 12.1. The molecule has 0 bridgehead atoms. The third-order valence-electron chi connectivity index (χ3n) is 4.77. The SMILES string of the molecule is O=C(NC1CCCCCC1Br)C1CCCC(C(F)(F)F)C1. The highest BCUT2D eigenvalue weighted by Crippen LogP contribution is 2.40. The van der Waals surface area contributed by atoms with Gasteiger partial charge in [0, 0.05) is 16.8 Å². The standard InChI is InChI=1S/C15H23BrF3NO/c16-12-7-2-1-3-8-13(12)20-14(21)10-5-4-6-11(9-10)15(17,18)19/h10-13H,1-9H2,(H,20,21). The predicted octanol–water partition coefficient (Wildman–Crippen LogP) is 4.57. The summed E-state index contributed by atoms with van der Waals surface area (Å²) in [5, 5.41) is 3.00. The van der Waals surface area contributed by atoms with Gasteiger partial charge >= 0.3 is 6.18 Å². The lowest BCUT2D eigenvalue weighted by molar-refractivity contribution is -0.186. The zero-order chi connectivity index (χ0) is 15.5. The average Bonchev–Trinajstić information content (AvgIpc) is 2.63. The molecule has 1 amide bonds. The van der Waals surface area contributed by atoms with Gasteiger partial charge in [0.1, 0.15) is 0 Å². The van der Waals surface area contributed by atoms with Crippen LogP contribution in [0.2, 0.25) is 0 Å². The summed E-state index contributed by atoms with van der Waals surface area (Å²) in [6.07, 6.45) is 2.32. The maximum Gasteiger partial charge on any atom is 0.391 e. The number of carbonyl (C=O) groups is 1. The molecule has 0 radical (unpaired) electrons. The summed E-state index contributed by atoms with van der Waals surface area (Å²) in [6.45, 7) is 0. The van der Waals surface area contributed by atoms with Gasteiger partial charge in [-0.2, -0.15) is 13.2 Å². The van der Waals surface area contributed by atoms with Gasteiger partial charge in [0.15, 0.2) is 0 Å². The molecule has 0 aromatic heterocycles. The predicted molar refractivity (Wildman–Crippen MR) is 79.2 cm³/mol. The average molecular weight is 370 g/mol. The minimum absolute atomic E-state index is 0.0466. The number of carbonyl (C=O) groups excluding carboxylic acids is 1. The Balaban J connectivity index is 1.90. The van der Waals surface area contributed by atoms with Gasteiger partial charge in [-0.25, -0.2) is 0 Å². The van der Waals surface area contributed by atoms with Gasteiger partial charge < -0.3 is 5.32 Å². The number of nitrogens with one attached hydrogen (secondary N) is 1. The van der Waals surface area contributed by atoms with Crippen LogP contribution in [-0.4, -0.2) is 23.0 Å². The van der Waals surface area contributed by atoms with Crippen molar-refractivity contribution in [3.63, 3.8) is 0 Å². The summed E-state index contributed by atoms with van der Waals surface area (Å²) in [5.74, 6) is -1.97. The Morgan fingerprint density at radius 3 is 2.43 bits per heavy atom. The fourth-order valence-corrected chi connectivity index (χ4v) is 4.17. The molecular formula is C15H23BrF3NO. The third-order valence-corrected chi connectivity index (χ3v) is 5.86. The molecule has 122 valence electrons. The minimum Gasteiger partial charge on any atom is -0.352 e. The third kappa shape index (κ3) is 4.86. The number of rotatable bonds is 2. The van der Waals surface area contributed by atoms with Crippen molar-refractivity contribution in [3.8, 4) is 0 Å². The number of hydrogen-bond acceptors (Lipinski definition) is 1. The van der Waals surface area contributed by atoms with E-state index in [1.54, 1.807) is 0 Å². The highest BCUT2D eigenvalue weighted by molar-refractivity contribution is 9.09. The molecule has 0 saturated heterocycles. The van der Waals surface area contributed by atoms with Gasteiger partial charge in [0.2, 0.25) is 5.91 Å². The molecule has 1 N–H and O–H groups in total. The first-order valence-corrected chi connectivity index (χ1v) is 8.80. The smallest absolute Gasteiger partial charge is 0.352 e. The van der Waals surface area contributed by atoms with Crippen LogP contribution in [0.15, 0.2) is 0 Å². The molecule has 2 aliphatic rings. The van der Waals surface area contributed by atoms with E-state index in [-0.39, 0.29) is 29.6 Å². The van der Waals surface area contributed by atoms with E-state index in [1.807, 2.05) is 0 Å². The summed E-state index contributed by atoms with van der Waals surface area (Å²) >= 11 is 3.61. The lowest BCUT2D eigenvalue weighted by atomic mass is 9.80. The number of hydrogen-bond donors (Lipinski definition) is 1. The summed E-state index contributed by atoms with van der Waals surface area (Å²) in [7, 11) is 0. The Kier molecular flexibility index (Phi) is 5.97. The molecular weight excluding hydrogens is 347 g/mol. The molecule has 0 aliphatic heterocycles. The molecule has 4 unspecified atom stereocenters. The highest BCUT2D eigenvalue weighted by atomic mass is 79.9. The fourth-order valence-electron chi connectivity index (χ4n) is 3.45. The monoisotopic (exact) mass is 369 g/mol. The highest BCUT2D eigenvalue weighted by Gasteiger charge is 2.43. The number of alkyl halides is 4. The van der Waals surface area contributed by atoms with E-state index in [9.17, 15) is 18.0 Å². The van der Waals surface area contributed by atoms with Gasteiger partial charge in [-0.05, 0) is 32.1 Å². The molecule has 21 heavy (non-hydrogen) atoms. The molecule has 6 heteroatoms. The Morgan fingerprint density at radius 2 is 1.71 bits per heavy atom. The first kappa shape index (κ1) is 17.1. The van der Waals surface area contributed by atoms with Gasteiger partial charge in [-0.3, -0.25) is 4.79 Å². The van der Waals surface area contributed by atoms with E-state index in [0.29, 0.717) is 12.8 Å². The zero-order valence-corrected chi connectivity index (χ0v) is 13.7. The van der Waals surface area contributed by atoms with Crippen LogP contribution in [0.1, 0.15) is 57.8 Å². The number of halogens is 4. The Hall–Kier alpha value is -0.260. The summed E-state index contributed by atoms with van der Waals surface area (Å²) < 4.78 is 38.4. The van der Waals surface area contributed by atoms with E-state index >= 15 is 0 Å². The van der Waals surface area contributed by atoms with Gasteiger partial charge in [0.05, 0.1) is 5.92 Å². The van der Waals surface area contributed by atoms with Crippen molar-refractivity contribution in [2.45, 2.75) is 74.8 Å². The molecule has 2 rings (SSSR count). The molecule has 0 spiro atoms. The maximum atomic E-state index is 12.8. The van der Waals surface area contributed by atoms with Crippen LogP contribution in [0, 0.1) is 11.8 Å². The molecule has 2 aliphatic carbocycles. The lowest BCUT2D eigenvalue weighted by Gasteiger charge is -2.31. The van der Waals surface area contributed by atoms with Crippen LogP contribution in [-0.2, 0) is 4.79 Å². The van der Waals surface area contributed by atoms with Crippen molar-refractivity contribution in [1.82, 2.24) is 5.32 Å². The van der Waals surface area contributed by atoms with Crippen molar-refractivity contribution in [1.29, 1.82) is 0 Å². The summed E-state index contributed by atoms with van der Waals surface area (Å²) in [4.78, 5) is 12.5. The molecule has 0 aromatic carbocycles. The van der Waals surface area contributed by atoms with Crippen LogP contribution in [0.25, 0.3) is 0 Å². The van der Waals surface area contributed by atoms with Gasteiger partial charge in [-0.1, -0.05) is 41.6 Å². The normalized spacial score (nSPS) is 35.0. The van der Waals surface area contributed by atoms with Gasteiger partial charge in [0.25, 0.3) is 0 Å². The molecule has 0 heterocycles. The van der Waals surface area contributed by atoms with E-state index in [0.717, 1.165) is 32.1 Å². The molecule has 2 nitrogen and oxygen atoms in total. The second kappa shape index (κ2) is 7.34. The molecule has 2 saturated carbocycles. The molecule has 0 aromatic rings. The van der Waals surface area contributed by atoms with Crippen LogP contribution in [0.4, 0.5) is 13.2 Å². The topological polar surface area (TPSA) is 29.1 Å². The van der Waals surface area contributed by atoms with Crippen LogP contribution >= 0.6 is 15.9 Å². The Morgan fingerprint density at radius 1 is 1.00 bits per heavy atom. The second-order valence-corrected chi connectivity index (χ2v) is 7.55. The minimum atomic E-state index is -4.17. The van der Waals surface area contributed by atoms with Crippen molar-refractivity contribution in [2.75, 3.05) is 0 Å². The maximum absolute atomic E-state index is 12.8. The van der Waals surface area contributed by atoms with Gasteiger partial charge in [-0.15, -0.1) is 0 Å².